The number of ether oxygens (including phenoxy) is 1. The lowest BCUT2D eigenvalue weighted by Crippen LogP contribution is -2.39. The van der Waals surface area contributed by atoms with Gasteiger partial charge in [0.2, 0.25) is 5.91 Å². The maximum Gasteiger partial charge on any atom is 0.387 e. The normalized spacial score (nSPS) is 11.9. The first-order chi connectivity index (χ1) is 11.3. The Kier molecular flexibility index (Phi) is 5.33. The third-order valence-electron chi connectivity index (χ3n) is 3.41. The van der Waals surface area contributed by atoms with E-state index in [-0.39, 0.29) is 11.7 Å². The van der Waals surface area contributed by atoms with Crippen molar-refractivity contribution in [2.45, 2.75) is 26.0 Å². The van der Waals surface area contributed by atoms with Crippen molar-refractivity contribution >= 4 is 12.0 Å². The molecule has 0 saturated heterocycles. The summed E-state index contributed by atoms with van der Waals surface area (Å²) < 4.78 is 30.8. The van der Waals surface area contributed by atoms with Crippen LogP contribution in [0.1, 0.15) is 25.0 Å². The minimum absolute atomic E-state index is 0.0167. The molecule has 7 heteroatoms. The first-order valence-electron chi connectivity index (χ1n) is 7.31. The maximum absolute atomic E-state index is 12.4. The minimum atomic E-state index is -2.92. The highest BCUT2D eigenvalue weighted by atomic mass is 19.3. The topological polar surface area (TPSA) is 56.2 Å². The van der Waals surface area contributed by atoms with E-state index in [0.717, 1.165) is 5.56 Å². The summed E-state index contributed by atoms with van der Waals surface area (Å²) in [5, 5.41) is 6.93. The van der Waals surface area contributed by atoms with Gasteiger partial charge in [-0.1, -0.05) is 18.2 Å². The van der Waals surface area contributed by atoms with Gasteiger partial charge in [0.25, 0.3) is 0 Å². The number of carbonyl (C=O) groups excluding carboxylic acids is 1. The Balaban J connectivity index is 2.08. The Bertz CT molecular complexity index is 739. The summed E-state index contributed by atoms with van der Waals surface area (Å²) in [5.74, 6) is -0.334. The molecule has 2 rings (SSSR count). The number of nitrogens with one attached hydrogen (secondary N) is 1. The van der Waals surface area contributed by atoms with E-state index in [0.29, 0.717) is 5.56 Å². The molecule has 0 aliphatic carbocycles. The fourth-order valence-corrected chi connectivity index (χ4v) is 2.15. The highest BCUT2D eigenvalue weighted by Crippen LogP contribution is 2.22. The molecule has 0 unspecified atom stereocenters. The van der Waals surface area contributed by atoms with Gasteiger partial charge >= 0.3 is 6.61 Å². The zero-order valence-electron chi connectivity index (χ0n) is 13.7. The van der Waals surface area contributed by atoms with Crippen LogP contribution in [0.25, 0.3) is 6.08 Å². The molecule has 24 heavy (non-hydrogen) atoms. The Hall–Kier alpha value is -2.70. The van der Waals surface area contributed by atoms with Crippen molar-refractivity contribution in [2.75, 3.05) is 0 Å². The summed E-state index contributed by atoms with van der Waals surface area (Å²) in [6.45, 7) is 0.783. The molecule has 128 valence electrons. The molecule has 5 nitrogen and oxygen atoms in total. The average molecular weight is 335 g/mol. The van der Waals surface area contributed by atoms with Crippen LogP contribution in [0.4, 0.5) is 8.78 Å². The van der Waals surface area contributed by atoms with Crippen molar-refractivity contribution < 1.29 is 18.3 Å². The zero-order chi connectivity index (χ0) is 17.7. The van der Waals surface area contributed by atoms with E-state index in [4.69, 9.17) is 0 Å². The van der Waals surface area contributed by atoms with E-state index in [2.05, 4.69) is 15.2 Å². The molecule has 1 N–H and O–H groups in total. The van der Waals surface area contributed by atoms with Gasteiger partial charge in [-0.25, -0.2) is 0 Å². The summed E-state index contributed by atoms with van der Waals surface area (Å²) in [6.07, 6.45) is 6.21. The van der Waals surface area contributed by atoms with Crippen LogP contribution >= 0.6 is 0 Å². The molecule has 0 aliphatic heterocycles. The molecule has 0 atom stereocenters. The monoisotopic (exact) mass is 335 g/mol. The van der Waals surface area contributed by atoms with E-state index in [1.807, 2.05) is 20.0 Å². The first kappa shape index (κ1) is 17.7. The Morgan fingerprint density at radius 3 is 2.71 bits per heavy atom. The highest BCUT2D eigenvalue weighted by Gasteiger charge is 2.23. The van der Waals surface area contributed by atoms with Crippen LogP contribution in [0.3, 0.4) is 0 Å². The number of benzene rings is 1. The van der Waals surface area contributed by atoms with Gasteiger partial charge < -0.3 is 10.1 Å². The number of alkyl halides is 2. The van der Waals surface area contributed by atoms with Gasteiger partial charge in [-0.2, -0.15) is 13.9 Å². The zero-order valence-corrected chi connectivity index (χ0v) is 13.7. The molecule has 0 bridgehead atoms. The van der Waals surface area contributed by atoms with Gasteiger partial charge in [-0.05, 0) is 26.0 Å². The first-order valence-corrected chi connectivity index (χ1v) is 7.31. The second-order valence-electron chi connectivity index (χ2n) is 5.77. The van der Waals surface area contributed by atoms with E-state index in [1.165, 1.54) is 18.2 Å². The van der Waals surface area contributed by atoms with Gasteiger partial charge in [0, 0.05) is 30.4 Å². The molecule has 2 aromatic rings. The summed E-state index contributed by atoms with van der Waals surface area (Å²) in [6, 6.07) is 6.27. The minimum Gasteiger partial charge on any atom is -0.434 e. The molecule has 0 radical (unpaired) electrons. The molecule has 0 spiro atoms. The molecule has 1 amide bonds. The van der Waals surface area contributed by atoms with Crippen LogP contribution in [0.5, 0.6) is 5.75 Å². The van der Waals surface area contributed by atoms with E-state index in [9.17, 15) is 13.6 Å². The smallest absolute Gasteiger partial charge is 0.387 e. The van der Waals surface area contributed by atoms with Crippen molar-refractivity contribution in [3.63, 3.8) is 0 Å². The second-order valence-corrected chi connectivity index (χ2v) is 5.77. The van der Waals surface area contributed by atoms with E-state index in [1.54, 1.807) is 36.1 Å². The van der Waals surface area contributed by atoms with Crippen LogP contribution in [0.2, 0.25) is 0 Å². The van der Waals surface area contributed by atoms with Crippen LogP contribution in [0.15, 0.2) is 42.7 Å². The van der Waals surface area contributed by atoms with Gasteiger partial charge in [0.05, 0.1) is 11.7 Å². The number of amides is 1. The van der Waals surface area contributed by atoms with E-state index < -0.39 is 12.2 Å². The standard InChI is InChI=1S/C17H19F2N3O2/c1-17(2,13-10-20-22(3)11-13)21-15(23)9-8-12-6-4-5-7-14(12)24-16(18)19/h4-11,16H,1-3H3,(H,21,23)/b9-8-. The lowest BCUT2D eigenvalue weighted by atomic mass is 9.98. The Morgan fingerprint density at radius 2 is 2.08 bits per heavy atom. The maximum atomic E-state index is 12.4. The molecule has 1 aromatic carbocycles. The Labute approximate surface area is 138 Å². The van der Waals surface area contributed by atoms with Crippen molar-refractivity contribution in [3.8, 4) is 5.75 Å². The number of aromatic nitrogens is 2. The number of para-hydroxylation sites is 1. The number of rotatable bonds is 6. The van der Waals surface area contributed by atoms with Crippen LogP contribution in [-0.2, 0) is 17.4 Å². The molecule has 0 saturated carbocycles. The predicted octanol–water partition coefficient (Wildman–Crippen LogP) is 3.09. The summed E-state index contributed by atoms with van der Waals surface area (Å²) in [5.41, 5.74) is 0.634. The van der Waals surface area contributed by atoms with Crippen LogP contribution in [-0.4, -0.2) is 22.3 Å². The molecule has 0 aliphatic rings. The Morgan fingerprint density at radius 1 is 1.38 bits per heavy atom. The molecule has 0 fully saturated rings. The van der Waals surface area contributed by atoms with Crippen LogP contribution < -0.4 is 10.1 Å². The van der Waals surface area contributed by atoms with Crippen LogP contribution in [0, 0.1) is 0 Å². The van der Waals surface area contributed by atoms with Gasteiger partial charge in [-0.3, -0.25) is 9.48 Å². The number of hydrogen-bond acceptors (Lipinski definition) is 3. The second kappa shape index (κ2) is 7.25. The summed E-state index contributed by atoms with van der Waals surface area (Å²) in [4.78, 5) is 12.1. The van der Waals surface area contributed by atoms with Gasteiger partial charge in [0.15, 0.2) is 0 Å². The number of hydrogen-bond donors (Lipinski definition) is 1. The summed E-state index contributed by atoms with van der Waals surface area (Å²) in [7, 11) is 1.79. The fourth-order valence-electron chi connectivity index (χ4n) is 2.15. The number of aryl methyl sites for hydroxylation is 1. The molecular formula is C17H19F2N3O2. The third kappa shape index (κ3) is 4.65. The lowest BCUT2D eigenvalue weighted by Gasteiger charge is -2.24. The summed E-state index contributed by atoms with van der Waals surface area (Å²) >= 11 is 0. The molecular weight excluding hydrogens is 316 g/mol. The molecule has 1 heterocycles. The lowest BCUT2D eigenvalue weighted by molar-refractivity contribution is -0.118. The van der Waals surface area contributed by atoms with Crippen molar-refractivity contribution in [3.05, 3.63) is 53.9 Å². The average Bonchev–Trinajstić information content (AvgIpc) is 2.93. The molecule has 1 aromatic heterocycles. The van der Waals surface area contributed by atoms with E-state index >= 15 is 0 Å². The van der Waals surface area contributed by atoms with Crippen molar-refractivity contribution in [1.82, 2.24) is 15.1 Å². The number of nitrogens with zero attached hydrogens (tertiary/aromatic N) is 2. The largest absolute Gasteiger partial charge is 0.434 e. The predicted molar refractivity (Wildman–Crippen MR) is 86.5 cm³/mol. The third-order valence-corrected chi connectivity index (χ3v) is 3.41. The number of carbonyl (C=O) groups is 1. The quantitative estimate of drug-likeness (QED) is 0.826. The SMILES string of the molecule is Cn1cc(C(C)(C)NC(=O)/C=C\c2ccccc2OC(F)F)cn1. The van der Waals surface area contributed by atoms with Crippen molar-refractivity contribution in [2.24, 2.45) is 7.05 Å². The van der Waals surface area contributed by atoms with Gasteiger partial charge in [-0.15, -0.1) is 0 Å². The fraction of sp³-hybridized carbons (Fsp3) is 0.294. The highest BCUT2D eigenvalue weighted by molar-refractivity contribution is 5.92. The van der Waals surface area contributed by atoms with Crippen molar-refractivity contribution in [1.29, 1.82) is 0 Å². The number of halogens is 2. The van der Waals surface area contributed by atoms with Gasteiger partial charge in [0.1, 0.15) is 5.75 Å².